The molecule has 2 heterocycles. The lowest BCUT2D eigenvalue weighted by Gasteiger charge is -2.38. The molecule has 6 heteroatoms. The predicted octanol–water partition coefficient (Wildman–Crippen LogP) is 4.52. The Labute approximate surface area is 217 Å². The number of rotatable bonds is 12. The first-order chi connectivity index (χ1) is 17.6. The SMILES string of the molecule is COCCN1CCC(CN(C)C2CCN(c3cccc(NC(=O)CCCc4ccccc4)c3)CC2)C1. The summed E-state index contributed by atoms with van der Waals surface area (Å²) in [5.74, 6) is 0.869. The summed E-state index contributed by atoms with van der Waals surface area (Å²) in [5, 5.41) is 3.11. The first-order valence-electron chi connectivity index (χ1n) is 13.7. The molecule has 0 aromatic heterocycles. The fraction of sp³-hybridized carbons (Fsp3) is 0.567. The highest BCUT2D eigenvalue weighted by Gasteiger charge is 2.28. The molecule has 4 rings (SSSR count). The quantitative estimate of drug-likeness (QED) is 0.472. The number of carbonyl (C=O) groups excluding carboxylic acids is 1. The molecule has 2 aromatic rings. The molecule has 36 heavy (non-hydrogen) atoms. The van der Waals surface area contributed by atoms with Crippen LogP contribution >= 0.6 is 0 Å². The molecule has 1 N–H and O–H groups in total. The van der Waals surface area contributed by atoms with Crippen LogP contribution in [-0.4, -0.2) is 81.8 Å². The van der Waals surface area contributed by atoms with E-state index in [1.807, 2.05) is 12.1 Å². The maximum absolute atomic E-state index is 12.5. The monoisotopic (exact) mass is 492 g/mol. The Balaban J connectivity index is 1.18. The van der Waals surface area contributed by atoms with Crippen LogP contribution in [0.5, 0.6) is 0 Å². The Hall–Kier alpha value is -2.41. The molecule has 2 saturated heterocycles. The van der Waals surface area contributed by atoms with Crippen LogP contribution in [0.4, 0.5) is 11.4 Å². The van der Waals surface area contributed by atoms with E-state index in [1.54, 1.807) is 7.11 Å². The standard InChI is InChI=1S/C30H44N4O2/c1-32(23-26-14-17-33(24-26)20-21-36-2)28-15-18-34(19-16-28)29-12-7-11-27(22-29)31-30(35)13-6-10-25-8-4-3-5-9-25/h3-5,7-9,11-12,22,26,28H,6,10,13-21,23-24H2,1-2H3,(H,31,35). The average molecular weight is 493 g/mol. The summed E-state index contributed by atoms with van der Waals surface area (Å²) in [6, 6.07) is 19.4. The zero-order valence-electron chi connectivity index (χ0n) is 22.2. The predicted molar refractivity (Wildman–Crippen MR) is 149 cm³/mol. The van der Waals surface area contributed by atoms with E-state index in [1.165, 1.54) is 50.1 Å². The Kier molecular flexibility index (Phi) is 10.2. The zero-order chi connectivity index (χ0) is 25.2. The van der Waals surface area contributed by atoms with Crippen molar-refractivity contribution < 1.29 is 9.53 Å². The van der Waals surface area contributed by atoms with Crippen LogP contribution in [0.1, 0.15) is 37.7 Å². The van der Waals surface area contributed by atoms with Gasteiger partial charge in [-0.05, 0) is 75.4 Å². The van der Waals surface area contributed by atoms with E-state index in [9.17, 15) is 4.79 Å². The molecule has 1 amide bonds. The number of nitrogens with one attached hydrogen (secondary N) is 1. The average Bonchev–Trinajstić information content (AvgIpc) is 3.35. The summed E-state index contributed by atoms with van der Waals surface area (Å²) in [6.07, 6.45) is 6.02. The first kappa shape index (κ1) is 26.6. The van der Waals surface area contributed by atoms with Gasteiger partial charge in [0.05, 0.1) is 6.61 Å². The fourth-order valence-electron chi connectivity index (χ4n) is 5.71. The number of hydrogen-bond acceptors (Lipinski definition) is 5. The molecular formula is C30H44N4O2. The third kappa shape index (κ3) is 8.05. The van der Waals surface area contributed by atoms with E-state index in [2.05, 4.69) is 69.5 Å². The Morgan fingerprint density at radius 2 is 1.86 bits per heavy atom. The first-order valence-corrected chi connectivity index (χ1v) is 13.7. The number of amides is 1. The molecular weight excluding hydrogens is 448 g/mol. The number of anilines is 2. The van der Waals surface area contributed by atoms with Gasteiger partial charge in [0.2, 0.25) is 5.91 Å². The van der Waals surface area contributed by atoms with Crippen molar-refractivity contribution in [3.63, 3.8) is 0 Å². The number of aryl methyl sites for hydroxylation is 1. The number of nitrogens with zero attached hydrogens (tertiary/aromatic N) is 3. The van der Waals surface area contributed by atoms with E-state index in [0.29, 0.717) is 12.5 Å². The van der Waals surface area contributed by atoms with Crippen molar-refractivity contribution in [2.75, 3.05) is 70.2 Å². The van der Waals surface area contributed by atoms with Crippen molar-refractivity contribution >= 4 is 17.3 Å². The van der Waals surface area contributed by atoms with Gasteiger partial charge in [-0.2, -0.15) is 0 Å². The molecule has 0 bridgehead atoms. The molecule has 1 atom stereocenters. The lowest BCUT2D eigenvalue weighted by molar-refractivity contribution is -0.116. The molecule has 0 radical (unpaired) electrons. The van der Waals surface area contributed by atoms with Crippen LogP contribution in [0.25, 0.3) is 0 Å². The summed E-state index contributed by atoms with van der Waals surface area (Å²) in [6.45, 7) is 7.63. The van der Waals surface area contributed by atoms with Crippen LogP contribution in [0.2, 0.25) is 0 Å². The van der Waals surface area contributed by atoms with Crippen LogP contribution in [0.15, 0.2) is 54.6 Å². The van der Waals surface area contributed by atoms with Crippen molar-refractivity contribution in [1.29, 1.82) is 0 Å². The van der Waals surface area contributed by atoms with Crippen molar-refractivity contribution in [3.8, 4) is 0 Å². The van der Waals surface area contributed by atoms with Crippen molar-refractivity contribution in [1.82, 2.24) is 9.80 Å². The van der Waals surface area contributed by atoms with Gasteiger partial charge >= 0.3 is 0 Å². The van der Waals surface area contributed by atoms with Crippen molar-refractivity contribution in [2.45, 2.75) is 44.6 Å². The second-order valence-corrected chi connectivity index (χ2v) is 10.5. The largest absolute Gasteiger partial charge is 0.383 e. The highest BCUT2D eigenvalue weighted by atomic mass is 16.5. The summed E-state index contributed by atoms with van der Waals surface area (Å²) in [7, 11) is 4.10. The second kappa shape index (κ2) is 13.8. The Morgan fingerprint density at radius 3 is 2.64 bits per heavy atom. The minimum Gasteiger partial charge on any atom is -0.383 e. The molecule has 1 unspecified atom stereocenters. The van der Waals surface area contributed by atoms with Gasteiger partial charge in [-0.3, -0.25) is 4.79 Å². The van der Waals surface area contributed by atoms with E-state index >= 15 is 0 Å². The van der Waals surface area contributed by atoms with Gasteiger partial charge in [0, 0.05) is 63.7 Å². The highest BCUT2D eigenvalue weighted by molar-refractivity contribution is 5.91. The number of carbonyl (C=O) groups is 1. The normalized spacial score (nSPS) is 19.2. The molecule has 0 spiro atoms. The molecule has 0 saturated carbocycles. The summed E-state index contributed by atoms with van der Waals surface area (Å²) < 4.78 is 5.24. The van der Waals surface area contributed by atoms with Crippen LogP contribution in [-0.2, 0) is 16.0 Å². The van der Waals surface area contributed by atoms with Crippen LogP contribution in [0.3, 0.4) is 0 Å². The van der Waals surface area contributed by atoms with Gasteiger partial charge in [0.15, 0.2) is 0 Å². The van der Waals surface area contributed by atoms with E-state index in [0.717, 1.165) is 50.7 Å². The minimum absolute atomic E-state index is 0.0936. The highest BCUT2D eigenvalue weighted by Crippen LogP contribution is 2.26. The van der Waals surface area contributed by atoms with Gasteiger partial charge in [0.1, 0.15) is 0 Å². The van der Waals surface area contributed by atoms with Gasteiger partial charge in [-0.25, -0.2) is 0 Å². The molecule has 2 aliphatic rings. The van der Waals surface area contributed by atoms with E-state index in [4.69, 9.17) is 4.74 Å². The summed E-state index contributed by atoms with van der Waals surface area (Å²) in [4.78, 5) is 20.1. The van der Waals surface area contributed by atoms with Gasteiger partial charge in [-0.15, -0.1) is 0 Å². The molecule has 6 nitrogen and oxygen atoms in total. The Bertz CT molecular complexity index is 930. The van der Waals surface area contributed by atoms with Gasteiger partial charge in [-0.1, -0.05) is 36.4 Å². The van der Waals surface area contributed by atoms with Crippen LogP contribution < -0.4 is 10.2 Å². The number of piperidine rings is 1. The lowest BCUT2D eigenvalue weighted by atomic mass is 10.0. The van der Waals surface area contributed by atoms with Crippen LogP contribution in [0, 0.1) is 5.92 Å². The topological polar surface area (TPSA) is 48.1 Å². The second-order valence-electron chi connectivity index (χ2n) is 10.5. The lowest BCUT2D eigenvalue weighted by Crippen LogP contribution is -2.45. The molecule has 2 fully saturated rings. The summed E-state index contributed by atoms with van der Waals surface area (Å²) >= 11 is 0. The smallest absolute Gasteiger partial charge is 0.224 e. The molecule has 196 valence electrons. The number of likely N-dealkylation sites (tertiary alicyclic amines) is 1. The van der Waals surface area contributed by atoms with Gasteiger partial charge in [0.25, 0.3) is 0 Å². The number of benzene rings is 2. The van der Waals surface area contributed by atoms with E-state index < -0.39 is 0 Å². The van der Waals surface area contributed by atoms with Crippen molar-refractivity contribution in [2.24, 2.45) is 5.92 Å². The minimum atomic E-state index is 0.0936. The molecule has 0 aliphatic carbocycles. The molecule has 2 aromatic carbocycles. The third-order valence-corrected chi connectivity index (χ3v) is 7.82. The zero-order valence-corrected chi connectivity index (χ0v) is 22.2. The summed E-state index contributed by atoms with van der Waals surface area (Å²) in [5.41, 5.74) is 3.40. The van der Waals surface area contributed by atoms with Crippen molar-refractivity contribution in [3.05, 3.63) is 60.2 Å². The maximum Gasteiger partial charge on any atom is 0.224 e. The van der Waals surface area contributed by atoms with Gasteiger partial charge < -0.3 is 24.8 Å². The van der Waals surface area contributed by atoms with E-state index in [-0.39, 0.29) is 5.91 Å². The Morgan fingerprint density at radius 1 is 1.06 bits per heavy atom. The fourth-order valence-corrected chi connectivity index (χ4v) is 5.71. The number of hydrogen-bond donors (Lipinski definition) is 1. The maximum atomic E-state index is 12.5. The molecule has 2 aliphatic heterocycles. The number of methoxy groups -OCH3 is 1. The third-order valence-electron chi connectivity index (χ3n) is 7.82. The number of ether oxygens (including phenoxy) is 1.